The van der Waals surface area contributed by atoms with Gasteiger partial charge in [0.1, 0.15) is 11.6 Å². The zero-order valence-corrected chi connectivity index (χ0v) is 16.0. The lowest BCUT2D eigenvalue weighted by atomic mass is 9.73. The first kappa shape index (κ1) is 17.0. The molecule has 1 fully saturated rings. The van der Waals surface area contributed by atoms with Crippen LogP contribution in [-0.2, 0) is 6.42 Å². The highest BCUT2D eigenvalue weighted by molar-refractivity contribution is 14.1. The zero-order chi connectivity index (χ0) is 15.5. The van der Waals surface area contributed by atoms with E-state index in [9.17, 15) is 0 Å². The summed E-state index contributed by atoms with van der Waals surface area (Å²) < 4.78 is 1.20. The second-order valence-electron chi connectivity index (χ2n) is 6.91. The minimum atomic E-state index is 0.496. The van der Waals surface area contributed by atoms with Crippen LogP contribution in [0.15, 0.2) is 0 Å². The molecule has 118 valence electrons. The van der Waals surface area contributed by atoms with Crippen molar-refractivity contribution < 1.29 is 0 Å². The van der Waals surface area contributed by atoms with Crippen LogP contribution in [0.3, 0.4) is 0 Å². The maximum absolute atomic E-state index is 4.92. The summed E-state index contributed by atoms with van der Waals surface area (Å²) >= 11 is 2.39. The number of aromatic nitrogens is 2. The molecular weight excluding hydrogens is 373 g/mol. The fraction of sp³-hybridized carbons (Fsp3) is 0.765. The second kappa shape index (κ2) is 7.25. The SMILES string of the molecule is CCCc1nc(C2CCC(C)(C)CC2)nc(NCC)c1I. The van der Waals surface area contributed by atoms with Crippen LogP contribution in [0.5, 0.6) is 0 Å². The highest BCUT2D eigenvalue weighted by atomic mass is 127. The monoisotopic (exact) mass is 401 g/mol. The summed E-state index contributed by atoms with van der Waals surface area (Å²) in [6.07, 6.45) is 7.20. The topological polar surface area (TPSA) is 37.8 Å². The quantitative estimate of drug-likeness (QED) is 0.694. The van der Waals surface area contributed by atoms with E-state index in [0.29, 0.717) is 11.3 Å². The Hall–Kier alpha value is -0.390. The Bertz CT molecular complexity index is 448. The molecule has 0 atom stereocenters. The van der Waals surface area contributed by atoms with E-state index in [0.717, 1.165) is 31.0 Å². The predicted octanol–water partition coefficient (Wildman–Crippen LogP) is 5.15. The van der Waals surface area contributed by atoms with Crippen molar-refractivity contribution in [1.29, 1.82) is 0 Å². The van der Waals surface area contributed by atoms with E-state index >= 15 is 0 Å². The van der Waals surface area contributed by atoms with Gasteiger partial charge in [-0.2, -0.15) is 0 Å². The maximum Gasteiger partial charge on any atom is 0.143 e. The van der Waals surface area contributed by atoms with Gasteiger partial charge < -0.3 is 5.32 Å². The standard InChI is InChI=1S/C17H28IN3/c1-5-7-13-14(18)16(19-6-2)21-15(20-13)12-8-10-17(3,4)11-9-12/h12H,5-11H2,1-4H3,(H,19,20,21). The van der Waals surface area contributed by atoms with Crippen molar-refractivity contribution in [3.05, 3.63) is 15.1 Å². The minimum Gasteiger partial charge on any atom is -0.369 e. The molecule has 1 aromatic heterocycles. The van der Waals surface area contributed by atoms with Gasteiger partial charge in [0.15, 0.2) is 0 Å². The van der Waals surface area contributed by atoms with Crippen LogP contribution in [0.4, 0.5) is 5.82 Å². The second-order valence-corrected chi connectivity index (χ2v) is 7.99. The Labute approximate surface area is 142 Å². The molecule has 0 aliphatic heterocycles. The van der Waals surface area contributed by atoms with Crippen molar-refractivity contribution in [2.24, 2.45) is 5.41 Å². The fourth-order valence-electron chi connectivity index (χ4n) is 3.04. The first-order valence-electron chi connectivity index (χ1n) is 8.27. The summed E-state index contributed by atoms with van der Waals surface area (Å²) in [5.74, 6) is 2.66. The van der Waals surface area contributed by atoms with Crippen LogP contribution in [-0.4, -0.2) is 16.5 Å². The number of nitrogens with zero attached hydrogens (tertiary/aromatic N) is 2. The molecule has 4 heteroatoms. The molecule has 0 spiro atoms. The van der Waals surface area contributed by atoms with Crippen LogP contribution in [0.2, 0.25) is 0 Å². The van der Waals surface area contributed by atoms with Gasteiger partial charge in [-0.15, -0.1) is 0 Å². The van der Waals surface area contributed by atoms with Gasteiger partial charge in [0.05, 0.1) is 9.26 Å². The van der Waals surface area contributed by atoms with Crippen molar-refractivity contribution >= 4 is 28.4 Å². The van der Waals surface area contributed by atoms with Gasteiger partial charge in [0.2, 0.25) is 0 Å². The summed E-state index contributed by atoms with van der Waals surface area (Å²) in [6, 6.07) is 0. The number of hydrogen-bond acceptors (Lipinski definition) is 3. The largest absolute Gasteiger partial charge is 0.369 e. The Morgan fingerprint density at radius 3 is 2.43 bits per heavy atom. The molecule has 0 unspecified atom stereocenters. The molecular formula is C17H28IN3. The van der Waals surface area contributed by atoms with E-state index in [-0.39, 0.29) is 0 Å². The molecule has 1 aromatic rings. The summed E-state index contributed by atoms with van der Waals surface area (Å²) in [5, 5.41) is 3.41. The third-order valence-electron chi connectivity index (χ3n) is 4.47. The van der Waals surface area contributed by atoms with Crippen LogP contribution >= 0.6 is 22.6 Å². The molecule has 0 radical (unpaired) electrons. The van der Waals surface area contributed by atoms with Crippen LogP contribution in [0.25, 0.3) is 0 Å². The molecule has 0 aromatic carbocycles. The van der Waals surface area contributed by atoms with Gasteiger partial charge in [-0.25, -0.2) is 9.97 Å². The average Bonchev–Trinajstić information content (AvgIpc) is 2.43. The number of halogens is 1. The molecule has 3 nitrogen and oxygen atoms in total. The van der Waals surface area contributed by atoms with Crippen LogP contribution in [0, 0.1) is 8.99 Å². The number of anilines is 1. The number of aryl methyl sites for hydroxylation is 1. The number of rotatable bonds is 5. The number of nitrogens with one attached hydrogen (secondary N) is 1. The van der Waals surface area contributed by atoms with Gasteiger partial charge >= 0.3 is 0 Å². The van der Waals surface area contributed by atoms with Gasteiger partial charge in [-0.05, 0) is 67.0 Å². The van der Waals surface area contributed by atoms with E-state index < -0.39 is 0 Å². The van der Waals surface area contributed by atoms with Crippen molar-refractivity contribution in [2.45, 2.75) is 72.1 Å². The van der Waals surface area contributed by atoms with E-state index in [2.05, 4.69) is 55.6 Å². The van der Waals surface area contributed by atoms with Crippen molar-refractivity contribution in [3.63, 3.8) is 0 Å². The van der Waals surface area contributed by atoms with Gasteiger partial charge in [0.25, 0.3) is 0 Å². The molecule has 0 amide bonds. The molecule has 1 saturated carbocycles. The van der Waals surface area contributed by atoms with Crippen molar-refractivity contribution in [2.75, 3.05) is 11.9 Å². The average molecular weight is 401 g/mol. The molecule has 0 saturated heterocycles. The molecule has 1 aliphatic carbocycles. The maximum atomic E-state index is 4.92. The Morgan fingerprint density at radius 2 is 1.86 bits per heavy atom. The van der Waals surface area contributed by atoms with Crippen molar-refractivity contribution in [1.82, 2.24) is 9.97 Å². The third kappa shape index (κ3) is 4.30. The molecule has 1 aliphatic rings. The van der Waals surface area contributed by atoms with Crippen LogP contribution < -0.4 is 5.32 Å². The predicted molar refractivity (Wildman–Crippen MR) is 97.9 cm³/mol. The molecule has 0 bridgehead atoms. The van der Waals surface area contributed by atoms with Crippen molar-refractivity contribution in [3.8, 4) is 0 Å². The molecule has 21 heavy (non-hydrogen) atoms. The highest BCUT2D eigenvalue weighted by Gasteiger charge is 2.29. The lowest BCUT2D eigenvalue weighted by Gasteiger charge is -2.33. The first-order valence-corrected chi connectivity index (χ1v) is 9.35. The molecule has 2 rings (SSSR count). The van der Waals surface area contributed by atoms with Gasteiger partial charge in [-0.3, -0.25) is 0 Å². The molecule has 1 heterocycles. The van der Waals surface area contributed by atoms with E-state index in [1.165, 1.54) is 34.9 Å². The minimum absolute atomic E-state index is 0.496. The summed E-state index contributed by atoms with van der Waals surface area (Å²) in [7, 11) is 0. The summed E-state index contributed by atoms with van der Waals surface area (Å²) in [6.45, 7) is 10.0. The lowest BCUT2D eigenvalue weighted by Crippen LogP contribution is -2.22. The highest BCUT2D eigenvalue weighted by Crippen LogP contribution is 2.42. The van der Waals surface area contributed by atoms with E-state index in [4.69, 9.17) is 9.97 Å². The Balaban J connectivity index is 2.26. The summed E-state index contributed by atoms with van der Waals surface area (Å²) in [5.41, 5.74) is 1.72. The Morgan fingerprint density at radius 1 is 1.19 bits per heavy atom. The van der Waals surface area contributed by atoms with Gasteiger partial charge in [-0.1, -0.05) is 27.2 Å². The normalized spacial score (nSPS) is 18.7. The summed E-state index contributed by atoms with van der Waals surface area (Å²) in [4.78, 5) is 9.76. The molecule has 1 N–H and O–H groups in total. The van der Waals surface area contributed by atoms with Gasteiger partial charge in [0, 0.05) is 12.5 Å². The number of hydrogen-bond donors (Lipinski definition) is 1. The first-order chi connectivity index (χ1) is 9.96. The van der Waals surface area contributed by atoms with E-state index in [1.54, 1.807) is 0 Å². The smallest absolute Gasteiger partial charge is 0.143 e. The lowest BCUT2D eigenvalue weighted by molar-refractivity contribution is 0.220. The van der Waals surface area contributed by atoms with Crippen LogP contribution in [0.1, 0.15) is 77.2 Å². The zero-order valence-electron chi connectivity index (χ0n) is 13.8. The Kier molecular flexibility index (Phi) is 5.86. The van der Waals surface area contributed by atoms with E-state index in [1.807, 2.05) is 0 Å². The third-order valence-corrected chi connectivity index (χ3v) is 5.61. The fourth-order valence-corrected chi connectivity index (χ4v) is 3.74.